The quantitative estimate of drug-likeness (QED) is 0.661. The van der Waals surface area contributed by atoms with Crippen molar-refractivity contribution >= 4 is 5.91 Å². The number of ether oxygens (including phenoxy) is 1. The Hall–Kier alpha value is -2.45. The smallest absolute Gasteiger partial charge is 0.376 e. The molecule has 1 aromatic heterocycles. The van der Waals surface area contributed by atoms with Crippen LogP contribution in [0, 0.1) is 0 Å². The maximum Gasteiger partial charge on any atom is 0.421 e. The summed E-state index contributed by atoms with van der Waals surface area (Å²) in [5.41, 5.74) is -2.51. The van der Waals surface area contributed by atoms with E-state index in [-0.39, 0.29) is 23.6 Å². The first-order chi connectivity index (χ1) is 15.6. The van der Waals surface area contributed by atoms with E-state index in [2.05, 4.69) is 4.98 Å². The molecule has 0 aliphatic heterocycles. The van der Waals surface area contributed by atoms with Crippen molar-refractivity contribution in [1.82, 2.24) is 9.88 Å². The van der Waals surface area contributed by atoms with Gasteiger partial charge in [-0.25, -0.2) is 0 Å². The highest BCUT2D eigenvalue weighted by molar-refractivity contribution is 5.95. The number of halogens is 3. The second kappa shape index (κ2) is 8.72. The molecule has 1 amide bonds. The fourth-order valence-corrected chi connectivity index (χ4v) is 4.78. The molecule has 4 rings (SSSR count). The molecule has 178 valence electrons. The molecule has 33 heavy (non-hydrogen) atoms. The molecule has 2 aromatic rings. The van der Waals surface area contributed by atoms with Crippen LogP contribution in [0.25, 0.3) is 0 Å². The van der Waals surface area contributed by atoms with Crippen LogP contribution in [0.15, 0.2) is 48.7 Å². The summed E-state index contributed by atoms with van der Waals surface area (Å²) in [7, 11) is 1.69. The second-order valence-electron chi connectivity index (χ2n) is 9.24. The molecule has 0 unspecified atom stereocenters. The summed E-state index contributed by atoms with van der Waals surface area (Å²) in [6.45, 7) is 0.714. The number of carbonyl (C=O) groups is 1. The van der Waals surface area contributed by atoms with Crippen molar-refractivity contribution in [3.63, 3.8) is 0 Å². The lowest BCUT2D eigenvalue weighted by atomic mass is 9.79. The highest BCUT2D eigenvalue weighted by atomic mass is 19.4. The molecule has 1 heterocycles. The van der Waals surface area contributed by atoms with Crippen molar-refractivity contribution in [3.8, 4) is 0 Å². The largest absolute Gasteiger partial charge is 0.421 e. The summed E-state index contributed by atoms with van der Waals surface area (Å²) < 4.78 is 45.3. The second-order valence-corrected chi connectivity index (χ2v) is 9.24. The van der Waals surface area contributed by atoms with Crippen molar-refractivity contribution in [2.75, 3.05) is 7.11 Å². The molecule has 2 saturated carbocycles. The Balaban J connectivity index is 1.50. The van der Waals surface area contributed by atoms with Crippen LogP contribution in [0.3, 0.4) is 0 Å². The maximum absolute atomic E-state index is 13.4. The average molecular weight is 463 g/mol. The number of aliphatic hydroxyl groups is 1. The van der Waals surface area contributed by atoms with Crippen molar-refractivity contribution in [1.29, 1.82) is 0 Å². The number of carbonyl (C=O) groups excluding carboxylic acids is 1. The summed E-state index contributed by atoms with van der Waals surface area (Å²) in [4.78, 5) is 19.8. The van der Waals surface area contributed by atoms with Crippen LogP contribution in [-0.4, -0.2) is 46.3 Å². The number of amides is 1. The Morgan fingerprint density at radius 1 is 1.06 bits per heavy atom. The summed E-state index contributed by atoms with van der Waals surface area (Å²) in [5, 5.41) is 9.89. The topological polar surface area (TPSA) is 62.7 Å². The monoisotopic (exact) mass is 462 g/mol. The summed E-state index contributed by atoms with van der Waals surface area (Å²) in [6, 6.07) is 11.1. The van der Waals surface area contributed by atoms with Gasteiger partial charge in [-0.05, 0) is 75.3 Å². The van der Waals surface area contributed by atoms with Crippen molar-refractivity contribution < 1.29 is 27.8 Å². The first-order valence-electron chi connectivity index (χ1n) is 11.3. The van der Waals surface area contributed by atoms with Gasteiger partial charge in [0.25, 0.3) is 5.91 Å². The number of benzene rings is 1. The lowest BCUT2D eigenvalue weighted by molar-refractivity contribution is -0.258. The van der Waals surface area contributed by atoms with Crippen LogP contribution < -0.4 is 0 Å². The number of pyridine rings is 1. The SMILES string of the molecule is CO[C@]1(c2ccccn2)CC[C@@H](N(C(=O)c2ccc([C@](C)(O)C(F)(F)F)cc2)C2CC2)CC1. The number of hydrogen-bond acceptors (Lipinski definition) is 4. The summed E-state index contributed by atoms with van der Waals surface area (Å²) >= 11 is 0. The van der Waals surface area contributed by atoms with Gasteiger partial charge in [0, 0.05) is 31.0 Å². The van der Waals surface area contributed by atoms with Gasteiger partial charge in [-0.3, -0.25) is 9.78 Å². The van der Waals surface area contributed by atoms with Crippen molar-refractivity contribution in [2.45, 2.75) is 74.9 Å². The lowest BCUT2D eigenvalue weighted by Gasteiger charge is -2.42. The third-order valence-corrected chi connectivity index (χ3v) is 7.10. The molecule has 0 radical (unpaired) electrons. The third-order valence-electron chi connectivity index (χ3n) is 7.10. The first-order valence-corrected chi connectivity index (χ1v) is 11.3. The highest BCUT2D eigenvalue weighted by Crippen LogP contribution is 2.43. The zero-order valence-electron chi connectivity index (χ0n) is 18.8. The first kappa shape index (κ1) is 23.7. The zero-order chi connectivity index (χ0) is 23.9. The van der Waals surface area contributed by atoms with E-state index >= 15 is 0 Å². The Kier molecular flexibility index (Phi) is 6.26. The van der Waals surface area contributed by atoms with Gasteiger partial charge in [-0.15, -0.1) is 0 Å². The van der Waals surface area contributed by atoms with Crippen LogP contribution in [0.1, 0.15) is 67.1 Å². The van der Waals surface area contributed by atoms with Gasteiger partial charge >= 0.3 is 6.18 Å². The van der Waals surface area contributed by atoms with Crippen molar-refractivity contribution in [3.05, 3.63) is 65.5 Å². The number of aromatic nitrogens is 1. The van der Waals surface area contributed by atoms with Gasteiger partial charge in [-0.2, -0.15) is 13.2 Å². The van der Waals surface area contributed by atoms with E-state index in [4.69, 9.17) is 4.74 Å². The molecule has 0 bridgehead atoms. The van der Waals surface area contributed by atoms with Crippen LogP contribution >= 0.6 is 0 Å². The average Bonchev–Trinajstić information content (AvgIpc) is 3.65. The van der Waals surface area contributed by atoms with Gasteiger partial charge in [-0.1, -0.05) is 18.2 Å². The summed E-state index contributed by atoms with van der Waals surface area (Å²) in [6.07, 6.45) is 1.78. The fraction of sp³-hybridized carbons (Fsp3) is 0.520. The third kappa shape index (κ3) is 4.51. The maximum atomic E-state index is 13.4. The normalized spacial score (nSPS) is 25.3. The van der Waals surface area contributed by atoms with Crippen LogP contribution in [-0.2, 0) is 15.9 Å². The molecule has 2 aliphatic rings. The van der Waals surface area contributed by atoms with Gasteiger partial charge in [0.2, 0.25) is 0 Å². The fourth-order valence-electron chi connectivity index (χ4n) is 4.78. The standard InChI is InChI=1S/C25H29F3N2O3/c1-23(32,25(26,27)28)18-8-6-17(7-9-18)22(31)30(19-10-11-19)20-12-14-24(33-2,15-13-20)21-5-3-4-16-29-21/h3-9,16,19-20,32H,10-15H2,1-2H3/t20-,23-,24-/m0/s1. The Morgan fingerprint density at radius 2 is 1.67 bits per heavy atom. The molecule has 8 heteroatoms. The van der Waals surface area contributed by atoms with Gasteiger partial charge < -0.3 is 14.7 Å². The minimum Gasteiger partial charge on any atom is -0.376 e. The molecular weight excluding hydrogens is 433 g/mol. The Morgan fingerprint density at radius 3 is 2.15 bits per heavy atom. The van der Waals surface area contributed by atoms with Crippen LogP contribution in [0.4, 0.5) is 13.2 Å². The molecule has 0 saturated heterocycles. The molecule has 1 N–H and O–H groups in total. The minimum atomic E-state index is -4.80. The van der Waals surface area contributed by atoms with Gasteiger partial charge in [0.15, 0.2) is 5.60 Å². The van der Waals surface area contributed by atoms with Crippen LogP contribution in [0.2, 0.25) is 0 Å². The molecule has 5 nitrogen and oxygen atoms in total. The molecule has 1 atom stereocenters. The van der Waals surface area contributed by atoms with Gasteiger partial charge in [0.05, 0.1) is 5.69 Å². The molecule has 2 fully saturated rings. The minimum absolute atomic E-state index is 0.0370. The van der Waals surface area contributed by atoms with Gasteiger partial charge in [0.1, 0.15) is 5.60 Å². The van der Waals surface area contributed by atoms with E-state index < -0.39 is 17.4 Å². The van der Waals surface area contributed by atoms with E-state index in [1.807, 2.05) is 23.1 Å². The van der Waals surface area contributed by atoms with Crippen molar-refractivity contribution in [2.24, 2.45) is 0 Å². The highest BCUT2D eigenvalue weighted by Gasteiger charge is 2.51. The van der Waals surface area contributed by atoms with E-state index in [9.17, 15) is 23.1 Å². The van der Waals surface area contributed by atoms with Crippen LogP contribution in [0.5, 0.6) is 0 Å². The number of alkyl halides is 3. The molecule has 1 aromatic carbocycles. The number of rotatable bonds is 6. The number of methoxy groups -OCH3 is 1. The molecule has 0 spiro atoms. The Bertz CT molecular complexity index is 965. The number of nitrogens with zero attached hydrogens (tertiary/aromatic N) is 2. The zero-order valence-corrected chi connectivity index (χ0v) is 18.8. The molecule has 2 aliphatic carbocycles. The predicted molar refractivity (Wildman–Crippen MR) is 116 cm³/mol. The summed E-state index contributed by atoms with van der Waals surface area (Å²) in [5.74, 6) is -0.177. The Labute approximate surface area is 191 Å². The van der Waals surface area contributed by atoms with E-state index in [0.717, 1.165) is 44.2 Å². The lowest BCUT2D eigenvalue weighted by Crippen LogP contribution is -2.47. The predicted octanol–water partition coefficient (Wildman–Crippen LogP) is 4.94. The van der Waals surface area contributed by atoms with E-state index in [0.29, 0.717) is 12.5 Å². The number of hydrogen-bond donors (Lipinski definition) is 1. The van der Waals surface area contributed by atoms with E-state index in [1.165, 1.54) is 24.3 Å². The molecular formula is C25H29F3N2O3. The van der Waals surface area contributed by atoms with E-state index in [1.54, 1.807) is 13.3 Å².